The average molecular weight is 254 g/mol. The molecule has 0 saturated carbocycles. The van der Waals surface area contributed by atoms with Crippen LogP contribution in [0.5, 0.6) is 5.75 Å². The Morgan fingerprint density at radius 1 is 1.19 bits per heavy atom. The van der Waals surface area contributed by atoms with Gasteiger partial charge in [-0.05, 0) is 17.7 Å². The van der Waals surface area contributed by atoms with E-state index in [0.717, 1.165) is 24.3 Å². The van der Waals surface area contributed by atoms with Crippen LogP contribution in [0, 0.1) is 0 Å². The molecule has 0 aliphatic carbocycles. The van der Waals surface area contributed by atoms with E-state index in [1.165, 1.54) is 0 Å². The second-order valence-corrected chi connectivity index (χ2v) is 4.50. The zero-order valence-electron chi connectivity index (χ0n) is 7.73. The van der Waals surface area contributed by atoms with Crippen LogP contribution >= 0.6 is 7.60 Å². The van der Waals surface area contributed by atoms with Gasteiger partial charge in [-0.15, -0.1) is 13.2 Å². The molecule has 16 heavy (non-hydrogen) atoms. The highest BCUT2D eigenvalue weighted by molar-refractivity contribution is 7.47. The Balaban J connectivity index is 2.72. The van der Waals surface area contributed by atoms with Gasteiger partial charge in [0.25, 0.3) is 0 Å². The molecule has 0 spiro atoms. The molecule has 0 fully saturated rings. The van der Waals surface area contributed by atoms with Gasteiger partial charge in [0, 0.05) is 6.16 Å². The number of rotatable bonds is 3. The maximum absolute atomic E-state index is 11.7. The molecule has 0 bridgehead atoms. The van der Waals surface area contributed by atoms with Crippen LogP contribution in [0.15, 0.2) is 24.3 Å². The second kappa shape index (κ2) is 4.45. The van der Waals surface area contributed by atoms with Gasteiger partial charge in [-0.2, -0.15) is 0 Å². The van der Waals surface area contributed by atoms with Crippen LogP contribution < -0.4 is 14.5 Å². The van der Waals surface area contributed by atoms with E-state index < -0.39 is 25.9 Å². The van der Waals surface area contributed by atoms with Crippen LogP contribution in [0.4, 0.5) is 13.2 Å². The van der Waals surface area contributed by atoms with Gasteiger partial charge in [0.1, 0.15) is 5.75 Å². The third-order valence-corrected chi connectivity index (χ3v) is 2.29. The molecule has 4 nitrogen and oxygen atoms in total. The fourth-order valence-electron chi connectivity index (χ4n) is 1.02. The van der Waals surface area contributed by atoms with Crippen molar-refractivity contribution >= 4 is 7.60 Å². The van der Waals surface area contributed by atoms with Crippen molar-refractivity contribution in [1.82, 2.24) is 0 Å². The fourth-order valence-corrected chi connectivity index (χ4v) is 1.68. The van der Waals surface area contributed by atoms with Crippen molar-refractivity contribution in [1.29, 1.82) is 0 Å². The monoisotopic (exact) mass is 254 g/mol. The Morgan fingerprint density at radius 3 is 2.06 bits per heavy atom. The summed E-state index contributed by atoms with van der Waals surface area (Å²) in [5, 5.41) is 0. The molecule has 0 radical (unpaired) electrons. The number of ether oxygens (including phenoxy) is 1. The van der Waals surface area contributed by atoms with E-state index in [9.17, 15) is 27.5 Å². The lowest BCUT2D eigenvalue weighted by Crippen LogP contribution is -2.17. The molecule has 0 unspecified atom stereocenters. The highest BCUT2D eigenvalue weighted by Crippen LogP contribution is 2.30. The lowest BCUT2D eigenvalue weighted by Gasteiger charge is -2.29. The predicted molar refractivity (Wildman–Crippen MR) is 44.4 cm³/mol. The van der Waals surface area contributed by atoms with Gasteiger partial charge in [-0.25, -0.2) is 0 Å². The predicted octanol–water partition coefficient (Wildman–Crippen LogP) is 0.999. The lowest BCUT2D eigenvalue weighted by atomic mass is 10.2. The fraction of sp³-hybridized carbons (Fsp3) is 0.250. The van der Waals surface area contributed by atoms with Crippen molar-refractivity contribution < 1.29 is 32.3 Å². The first-order chi connectivity index (χ1) is 7.16. The topological polar surface area (TPSA) is 72.4 Å². The van der Waals surface area contributed by atoms with Crippen LogP contribution in [0.3, 0.4) is 0 Å². The highest BCUT2D eigenvalue weighted by atomic mass is 31.2. The summed E-state index contributed by atoms with van der Waals surface area (Å²) in [6.45, 7) is 0. The number of halogens is 3. The van der Waals surface area contributed by atoms with Gasteiger partial charge in [0.2, 0.25) is 0 Å². The zero-order valence-corrected chi connectivity index (χ0v) is 8.63. The van der Waals surface area contributed by atoms with Crippen LogP contribution in [0.25, 0.3) is 0 Å². The lowest BCUT2D eigenvalue weighted by molar-refractivity contribution is -0.314. The van der Waals surface area contributed by atoms with E-state index in [1.54, 1.807) is 0 Å². The number of alkyl halides is 3. The maximum atomic E-state index is 11.7. The summed E-state index contributed by atoms with van der Waals surface area (Å²) >= 11 is 0. The number of benzene rings is 1. The Hall–Kier alpha value is -1.04. The van der Waals surface area contributed by atoms with Crippen LogP contribution in [-0.2, 0) is 10.7 Å². The molecule has 0 heterocycles. The third-order valence-electron chi connectivity index (χ3n) is 1.53. The molecule has 0 aliphatic heterocycles. The minimum absolute atomic E-state index is 0.114. The summed E-state index contributed by atoms with van der Waals surface area (Å²) < 4.78 is 49.2. The first-order valence-corrected chi connectivity index (χ1v) is 5.74. The molecule has 0 aromatic heterocycles. The Morgan fingerprint density at radius 2 is 1.69 bits per heavy atom. The van der Waals surface area contributed by atoms with Crippen molar-refractivity contribution in [2.75, 3.05) is 0 Å². The van der Waals surface area contributed by atoms with Gasteiger partial charge < -0.3 is 19.1 Å². The molecule has 1 aromatic carbocycles. The number of hydrogen-bond acceptors (Lipinski definition) is 4. The summed E-state index contributed by atoms with van der Waals surface area (Å²) in [5.41, 5.74) is 0.114. The zero-order chi connectivity index (χ0) is 12.4. The standard InChI is InChI=1S/C8H8F3O4P/c9-8(10,11)15-7-3-1-6(2-4-7)5-16(12,13)14/h1-4H,5H2,(H2,12,13,14)/p-2. The van der Waals surface area contributed by atoms with Crippen molar-refractivity contribution in [3.63, 3.8) is 0 Å². The molecule has 0 amide bonds. The van der Waals surface area contributed by atoms with E-state index in [0.29, 0.717) is 0 Å². The van der Waals surface area contributed by atoms with Crippen molar-refractivity contribution in [2.45, 2.75) is 12.5 Å². The van der Waals surface area contributed by atoms with E-state index in [1.807, 2.05) is 0 Å². The van der Waals surface area contributed by atoms with Gasteiger partial charge in [-0.3, -0.25) is 0 Å². The quantitative estimate of drug-likeness (QED) is 0.754. The van der Waals surface area contributed by atoms with E-state index in [-0.39, 0.29) is 5.56 Å². The maximum Gasteiger partial charge on any atom is 0.573 e. The molecule has 0 N–H and O–H groups in total. The summed E-state index contributed by atoms with van der Waals surface area (Å²) in [4.78, 5) is 20.8. The summed E-state index contributed by atoms with van der Waals surface area (Å²) in [7, 11) is -4.71. The van der Waals surface area contributed by atoms with E-state index in [2.05, 4.69) is 4.74 Å². The van der Waals surface area contributed by atoms with Crippen LogP contribution in [-0.4, -0.2) is 6.36 Å². The highest BCUT2D eigenvalue weighted by Gasteiger charge is 2.30. The van der Waals surface area contributed by atoms with Gasteiger partial charge in [-0.1, -0.05) is 19.7 Å². The van der Waals surface area contributed by atoms with Crippen LogP contribution in [0.1, 0.15) is 5.56 Å². The average Bonchev–Trinajstić information content (AvgIpc) is 2.03. The normalized spacial score (nSPS) is 12.6. The molecule has 0 atom stereocenters. The Kier molecular flexibility index (Phi) is 3.62. The van der Waals surface area contributed by atoms with Crippen molar-refractivity contribution in [3.05, 3.63) is 29.8 Å². The summed E-state index contributed by atoms with van der Waals surface area (Å²) in [6, 6.07) is 4.06. The Bertz CT molecular complexity index is 395. The summed E-state index contributed by atoms with van der Waals surface area (Å²) in [6.07, 6.45) is -5.53. The smallest absolute Gasteiger partial charge is 0.573 e. The first kappa shape index (κ1) is 13.0. The molecular formula is C8H6F3O4P-2. The molecule has 1 aromatic rings. The summed E-state index contributed by atoms with van der Waals surface area (Å²) in [5.74, 6) is -0.470. The van der Waals surface area contributed by atoms with Crippen LogP contribution in [0.2, 0.25) is 0 Å². The molecule has 0 aliphatic rings. The minimum Gasteiger partial charge on any atom is -0.810 e. The molecule has 1 rings (SSSR count). The third kappa shape index (κ3) is 5.16. The van der Waals surface area contributed by atoms with Gasteiger partial charge in [0.05, 0.1) is 0 Å². The largest absolute Gasteiger partial charge is 0.810 e. The van der Waals surface area contributed by atoms with E-state index in [4.69, 9.17) is 0 Å². The Labute approximate surface area is 88.8 Å². The minimum atomic E-state index is -4.80. The number of hydrogen-bond donors (Lipinski definition) is 0. The molecule has 90 valence electrons. The molecule has 0 saturated heterocycles. The van der Waals surface area contributed by atoms with Gasteiger partial charge >= 0.3 is 6.36 Å². The SMILES string of the molecule is O=P([O-])([O-])Cc1ccc(OC(F)(F)F)cc1. The molecular weight excluding hydrogens is 248 g/mol. The first-order valence-electron chi connectivity index (χ1n) is 4.01. The van der Waals surface area contributed by atoms with Gasteiger partial charge in [0.15, 0.2) is 0 Å². The van der Waals surface area contributed by atoms with E-state index >= 15 is 0 Å². The van der Waals surface area contributed by atoms with Crippen molar-refractivity contribution in [3.8, 4) is 5.75 Å². The molecule has 8 heteroatoms. The van der Waals surface area contributed by atoms with Crippen molar-refractivity contribution in [2.24, 2.45) is 0 Å². The second-order valence-electron chi connectivity index (χ2n) is 2.96.